The Morgan fingerprint density at radius 3 is 2.33 bits per heavy atom. The van der Waals surface area contributed by atoms with E-state index in [9.17, 15) is 12.8 Å². The quantitative estimate of drug-likeness (QED) is 0.726. The minimum Gasteiger partial charge on any atom is -0.379 e. The van der Waals surface area contributed by atoms with Crippen molar-refractivity contribution >= 4 is 50.3 Å². The molecular formula is C17H17ClFN3O3S2. The normalized spacial score (nSPS) is 15.3. The maximum atomic E-state index is 13.0. The molecule has 1 saturated heterocycles. The zero-order chi connectivity index (χ0) is 19.4. The number of nitrogens with zero attached hydrogens (tertiary/aromatic N) is 1. The first-order chi connectivity index (χ1) is 12.9. The molecule has 0 radical (unpaired) electrons. The molecule has 10 heteroatoms. The maximum Gasteiger partial charge on any atom is 0.244 e. The summed E-state index contributed by atoms with van der Waals surface area (Å²) in [7, 11) is -3.74. The fourth-order valence-electron chi connectivity index (χ4n) is 2.53. The number of hydrogen-bond donors (Lipinski definition) is 2. The minimum atomic E-state index is -3.74. The Morgan fingerprint density at radius 1 is 1.07 bits per heavy atom. The molecule has 6 nitrogen and oxygen atoms in total. The molecule has 0 bridgehead atoms. The van der Waals surface area contributed by atoms with Gasteiger partial charge in [0.2, 0.25) is 10.0 Å². The van der Waals surface area contributed by atoms with Crippen molar-refractivity contribution in [1.29, 1.82) is 0 Å². The van der Waals surface area contributed by atoms with Gasteiger partial charge in [-0.3, -0.25) is 0 Å². The molecule has 0 aromatic heterocycles. The first-order valence-electron chi connectivity index (χ1n) is 8.07. The Kier molecular flexibility index (Phi) is 6.28. The van der Waals surface area contributed by atoms with Crippen LogP contribution in [-0.4, -0.2) is 44.1 Å². The summed E-state index contributed by atoms with van der Waals surface area (Å²) in [6.07, 6.45) is 0. The van der Waals surface area contributed by atoms with Crippen molar-refractivity contribution in [3.8, 4) is 0 Å². The minimum absolute atomic E-state index is 0.000601. The summed E-state index contributed by atoms with van der Waals surface area (Å²) >= 11 is 11.4. The lowest BCUT2D eigenvalue weighted by atomic mass is 10.3. The van der Waals surface area contributed by atoms with Crippen molar-refractivity contribution in [2.75, 3.05) is 36.9 Å². The van der Waals surface area contributed by atoms with Crippen molar-refractivity contribution in [1.82, 2.24) is 4.31 Å². The second kappa shape index (κ2) is 8.49. The summed E-state index contributed by atoms with van der Waals surface area (Å²) in [5.74, 6) is -0.352. The third kappa shape index (κ3) is 4.94. The molecule has 2 aromatic rings. The second-order valence-electron chi connectivity index (χ2n) is 5.75. The highest BCUT2D eigenvalue weighted by Gasteiger charge is 2.28. The van der Waals surface area contributed by atoms with Crippen LogP contribution in [0.3, 0.4) is 0 Å². The number of benzene rings is 2. The molecular weight excluding hydrogens is 413 g/mol. The first-order valence-corrected chi connectivity index (χ1v) is 10.3. The highest BCUT2D eigenvalue weighted by molar-refractivity contribution is 7.89. The summed E-state index contributed by atoms with van der Waals surface area (Å²) < 4.78 is 45.2. The summed E-state index contributed by atoms with van der Waals surface area (Å²) in [5, 5.41) is 6.17. The summed E-state index contributed by atoms with van der Waals surface area (Å²) in [5.41, 5.74) is 1.06. The van der Waals surface area contributed by atoms with Crippen molar-refractivity contribution in [2.45, 2.75) is 4.90 Å². The van der Waals surface area contributed by atoms with Gasteiger partial charge >= 0.3 is 0 Å². The zero-order valence-electron chi connectivity index (χ0n) is 14.1. The highest BCUT2D eigenvalue weighted by Crippen LogP contribution is 2.28. The third-order valence-electron chi connectivity index (χ3n) is 3.88. The largest absolute Gasteiger partial charge is 0.379 e. The van der Waals surface area contributed by atoms with Crippen molar-refractivity contribution in [3.05, 3.63) is 53.3 Å². The molecule has 3 rings (SSSR count). The second-order valence-corrected chi connectivity index (χ2v) is 8.47. The Hall–Kier alpha value is -1.78. The Morgan fingerprint density at radius 2 is 1.67 bits per heavy atom. The van der Waals surface area contributed by atoms with E-state index < -0.39 is 10.0 Å². The molecule has 1 fully saturated rings. The Balaban J connectivity index is 1.76. The standard InChI is InChI=1S/C17H17ClFN3O3S2/c18-15-6-5-14(21-17(26)20-13-3-1-12(19)2-4-13)11-16(15)27(23,24)22-7-9-25-10-8-22/h1-6,11H,7-10H2,(H2,20,21,26). The van der Waals surface area contributed by atoms with E-state index in [-0.39, 0.29) is 33.9 Å². The van der Waals surface area contributed by atoms with Gasteiger partial charge in [0, 0.05) is 24.5 Å². The van der Waals surface area contributed by atoms with Gasteiger partial charge in [-0.05, 0) is 54.7 Å². The van der Waals surface area contributed by atoms with E-state index >= 15 is 0 Å². The monoisotopic (exact) mass is 429 g/mol. The lowest BCUT2D eigenvalue weighted by Gasteiger charge is -2.26. The van der Waals surface area contributed by atoms with Gasteiger partial charge in [0.25, 0.3) is 0 Å². The molecule has 2 aromatic carbocycles. The lowest BCUT2D eigenvalue weighted by molar-refractivity contribution is 0.0730. The van der Waals surface area contributed by atoms with Gasteiger partial charge in [0.15, 0.2) is 5.11 Å². The predicted molar refractivity (Wildman–Crippen MR) is 107 cm³/mol. The van der Waals surface area contributed by atoms with E-state index in [1.807, 2.05) is 0 Å². The maximum absolute atomic E-state index is 13.0. The smallest absolute Gasteiger partial charge is 0.244 e. The summed E-state index contributed by atoms with van der Waals surface area (Å²) in [4.78, 5) is 0.000601. The molecule has 0 saturated carbocycles. The summed E-state index contributed by atoms with van der Waals surface area (Å²) in [6.45, 7) is 1.25. The molecule has 1 heterocycles. The Bertz CT molecular complexity index is 933. The molecule has 27 heavy (non-hydrogen) atoms. The topological polar surface area (TPSA) is 70.7 Å². The fraction of sp³-hybridized carbons (Fsp3) is 0.235. The molecule has 1 aliphatic heterocycles. The van der Waals surface area contributed by atoms with Crippen LogP contribution in [0.1, 0.15) is 0 Å². The molecule has 0 spiro atoms. The highest BCUT2D eigenvalue weighted by atomic mass is 35.5. The SMILES string of the molecule is O=S(=O)(c1cc(NC(=S)Nc2ccc(F)cc2)ccc1Cl)N1CCOCC1. The van der Waals surface area contributed by atoms with Crippen molar-refractivity contribution in [2.24, 2.45) is 0 Å². The molecule has 144 valence electrons. The number of rotatable bonds is 4. The molecule has 0 atom stereocenters. The molecule has 0 unspecified atom stereocenters. The van der Waals surface area contributed by atoms with Crippen LogP contribution in [0.2, 0.25) is 5.02 Å². The lowest BCUT2D eigenvalue weighted by Crippen LogP contribution is -2.40. The number of nitrogens with one attached hydrogen (secondary N) is 2. The van der Waals surface area contributed by atoms with E-state index in [1.54, 1.807) is 18.2 Å². The molecule has 0 aliphatic carbocycles. The number of hydrogen-bond acceptors (Lipinski definition) is 4. The van der Waals surface area contributed by atoms with Crippen LogP contribution in [0.4, 0.5) is 15.8 Å². The van der Waals surface area contributed by atoms with E-state index in [2.05, 4.69) is 10.6 Å². The summed E-state index contributed by atoms with van der Waals surface area (Å²) in [6, 6.07) is 10.3. The van der Waals surface area contributed by atoms with E-state index in [1.165, 1.54) is 28.6 Å². The van der Waals surface area contributed by atoms with Gasteiger partial charge in [-0.1, -0.05) is 11.6 Å². The van der Waals surface area contributed by atoms with E-state index in [0.29, 0.717) is 24.6 Å². The first kappa shape index (κ1) is 20.0. The van der Waals surface area contributed by atoms with Gasteiger partial charge in [-0.25, -0.2) is 12.8 Å². The number of sulfonamides is 1. The van der Waals surface area contributed by atoms with Gasteiger partial charge in [0.1, 0.15) is 10.7 Å². The zero-order valence-corrected chi connectivity index (χ0v) is 16.5. The number of halogens is 2. The van der Waals surface area contributed by atoms with Crippen molar-refractivity contribution < 1.29 is 17.5 Å². The van der Waals surface area contributed by atoms with Crippen LogP contribution in [0.5, 0.6) is 0 Å². The van der Waals surface area contributed by atoms with Crippen LogP contribution in [0, 0.1) is 5.82 Å². The van der Waals surface area contributed by atoms with Gasteiger partial charge in [0.05, 0.1) is 18.2 Å². The van der Waals surface area contributed by atoms with Crippen LogP contribution in [-0.2, 0) is 14.8 Å². The number of morpholine rings is 1. The van der Waals surface area contributed by atoms with E-state index in [0.717, 1.165) is 0 Å². The Labute approximate surface area is 167 Å². The van der Waals surface area contributed by atoms with E-state index in [4.69, 9.17) is 28.6 Å². The number of ether oxygens (including phenoxy) is 1. The average Bonchev–Trinajstić information content (AvgIpc) is 2.66. The predicted octanol–water partition coefficient (Wildman–Crippen LogP) is 3.31. The van der Waals surface area contributed by atoms with Crippen LogP contribution < -0.4 is 10.6 Å². The van der Waals surface area contributed by atoms with Crippen LogP contribution in [0.15, 0.2) is 47.4 Å². The average molecular weight is 430 g/mol. The molecule has 0 amide bonds. The van der Waals surface area contributed by atoms with Gasteiger partial charge < -0.3 is 15.4 Å². The molecule has 1 aliphatic rings. The van der Waals surface area contributed by atoms with Crippen LogP contribution in [0.25, 0.3) is 0 Å². The molecule has 2 N–H and O–H groups in total. The van der Waals surface area contributed by atoms with Gasteiger partial charge in [-0.15, -0.1) is 0 Å². The number of thiocarbonyl (C=S) groups is 1. The van der Waals surface area contributed by atoms with Crippen molar-refractivity contribution in [3.63, 3.8) is 0 Å². The third-order valence-corrected chi connectivity index (χ3v) is 6.46. The van der Waals surface area contributed by atoms with Crippen LogP contribution >= 0.6 is 23.8 Å². The number of anilines is 2. The van der Waals surface area contributed by atoms with Gasteiger partial charge in [-0.2, -0.15) is 4.31 Å². The fourth-order valence-corrected chi connectivity index (χ4v) is 4.68.